The summed E-state index contributed by atoms with van der Waals surface area (Å²) in [5.74, 6) is 0.214. The number of hydrogen-bond donors (Lipinski definition) is 0. The fraction of sp³-hybridized carbons (Fsp3) is 0.917. The van der Waals surface area contributed by atoms with Gasteiger partial charge in [0.2, 0.25) is 5.91 Å². The van der Waals surface area contributed by atoms with Crippen LogP contribution in [0.3, 0.4) is 0 Å². The highest BCUT2D eigenvalue weighted by Gasteiger charge is 2.26. The Labute approximate surface area is 94.4 Å². The predicted molar refractivity (Wildman–Crippen MR) is 64.9 cm³/mol. The number of carbonyl (C=O) groups is 1. The SMILES string of the molecule is CN(C)C(=O)CCC(N(C)C)C(C)(C)C. The van der Waals surface area contributed by atoms with Crippen molar-refractivity contribution in [3.05, 3.63) is 0 Å². The second-order valence-corrected chi connectivity index (χ2v) is 5.67. The van der Waals surface area contributed by atoms with Crippen molar-refractivity contribution in [2.24, 2.45) is 5.41 Å². The Bertz CT molecular complexity index is 204. The van der Waals surface area contributed by atoms with Gasteiger partial charge in [0.25, 0.3) is 0 Å². The molecule has 0 aliphatic heterocycles. The normalized spacial score (nSPS) is 14.1. The van der Waals surface area contributed by atoms with E-state index in [1.807, 2.05) is 14.1 Å². The van der Waals surface area contributed by atoms with Crippen LogP contribution in [0.25, 0.3) is 0 Å². The molecule has 0 spiro atoms. The molecule has 0 bridgehead atoms. The van der Waals surface area contributed by atoms with E-state index in [9.17, 15) is 4.79 Å². The molecule has 0 rings (SSSR count). The van der Waals surface area contributed by atoms with Gasteiger partial charge in [-0.1, -0.05) is 20.8 Å². The molecule has 0 saturated heterocycles. The maximum atomic E-state index is 11.5. The molecule has 1 unspecified atom stereocenters. The van der Waals surface area contributed by atoms with Crippen molar-refractivity contribution in [3.63, 3.8) is 0 Å². The Balaban J connectivity index is 4.27. The molecule has 3 nitrogen and oxygen atoms in total. The van der Waals surface area contributed by atoms with Crippen molar-refractivity contribution in [2.75, 3.05) is 28.2 Å². The van der Waals surface area contributed by atoms with Gasteiger partial charge in [0.15, 0.2) is 0 Å². The van der Waals surface area contributed by atoms with Crippen LogP contribution in [0.2, 0.25) is 0 Å². The van der Waals surface area contributed by atoms with Crippen LogP contribution in [0.5, 0.6) is 0 Å². The Kier molecular flexibility index (Phi) is 5.29. The summed E-state index contributed by atoms with van der Waals surface area (Å²) >= 11 is 0. The summed E-state index contributed by atoms with van der Waals surface area (Å²) in [6.07, 6.45) is 1.56. The van der Waals surface area contributed by atoms with E-state index in [4.69, 9.17) is 0 Å². The lowest BCUT2D eigenvalue weighted by atomic mass is 9.83. The zero-order chi connectivity index (χ0) is 12.2. The molecule has 0 fully saturated rings. The summed E-state index contributed by atoms with van der Waals surface area (Å²) in [7, 11) is 7.78. The Morgan fingerprint density at radius 2 is 1.60 bits per heavy atom. The lowest BCUT2D eigenvalue weighted by molar-refractivity contribution is -0.129. The van der Waals surface area contributed by atoms with Crippen LogP contribution in [0.1, 0.15) is 33.6 Å². The highest BCUT2D eigenvalue weighted by molar-refractivity contribution is 5.75. The number of amides is 1. The molecule has 0 radical (unpaired) electrons. The minimum absolute atomic E-state index is 0.214. The van der Waals surface area contributed by atoms with Gasteiger partial charge in [-0.25, -0.2) is 0 Å². The van der Waals surface area contributed by atoms with E-state index >= 15 is 0 Å². The molecule has 0 aliphatic rings. The molecule has 0 aromatic carbocycles. The molecule has 1 amide bonds. The smallest absolute Gasteiger partial charge is 0.222 e. The van der Waals surface area contributed by atoms with Crippen molar-refractivity contribution in [2.45, 2.75) is 39.7 Å². The molecule has 1 atom stereocenters. The van der Waals surface area contributed by atoms with Gasteiger partial charge in [0, 0.05) is 26.6 Å². The fourth-order valence-electron chi connectivity index (χ4n) is 1.95. The first-order valence-electron chi connectivity index (χ1n) is 5.53. The van der Waals surface area contributed by atoms with Crippen molar-refractivity contribution >= 4 is 5.91 Å². The van der Waals surface area contributed by atoms with Gasteiger partial charge in [0.1, 0.15) is 0 Å². The Hall–Kier alpha value is -0.570. The number of hydrogen-bond acceptors (Lipinski definition) is 2. The van der Waals surface area contributed by atoms with Crippen molar-refractivity contribution in [1.82, 2.24) is 9.80 Å². The average Bonchev–Trinajstić information content (AvgIpc) is 2.00. The van der Waals surface area contributed by atoms with E-state index in [0.717, 1.165) is 6.42 Å². The van der Waals surface area contributed by atoms with Crippen LogP contribution in [0.15, 0.2) is 0 Å². The summed E-state index contributed by atoms with van der Waals surface area (Å²) in [6, 6.07) is 0.446. The molecule has 0 saturated carbocycles. The largest absolute Gasteiger partial charge is 0.349 e. The molecule has 0 N–H and O–H groups in total. The van der Waals surface area contributed by atoms with Gasteiger partial charge in [-0.15, -0.1) is 0 Å². The van der Waals surface area contributed by atoms with Crippen molar-refractivity contribution < 1.29 is 4.79 Å². The maximum Gasteiger partial charge on any atom is 0.222 e. The number of carbonyl (C=O) groups excluding carboxylic acids is 1. The van der Waals surface area contributed by atoms with Crippen LogP contribution >= 0.6 is 0 Å². The van der Waals surface area contributed by atoms with Gasteiger partial charge >= 0.3 is 0 Å². The second-order valence-electron chi connectivity index (χ2n) is 5.67. The Morgan fingerprint density at radius 1 is 1.13 bits per heavy atom. The zero-order valence-electron chi connectivity index (χ0n) is 11.3. The van der Waals surface area contributed by atoms with Gasteiger partial charge in [0.05, 0.1) is 0 Å². The standard InChI is InChI=1S/C12H26N2O/c1-12(2,3)10(13(4)5)8-9-11(15)14(6)7/h10H,8-9H2,1-7H3. The van der Waals surface area contributed by atoms with Crippen LogP contribution in [-0.2, 0) is 4.79 Å². The predicted octanol–water partition coefficient (Wildman–Crippen LogP) is 1.83. The summed E-state index contributed by atoms with van der Waals surface area (Å²) < 4.78 is 0. The number of rotatable bonds is 4. The molecular formula is C12H26N2O. The summed E-state index contributed by atoms with van der Waals surface area (Å²) in [5, 5.41) is 0. The van der Waals surface area contributed by atoms with Crippen molar-refractivity contribution in [3.8, 4) is 0 Å². The third kappa shape index (κ3) is 5.17. The van der Waals surface area contributed by atoms with Gasteiger partial charge in [-0.3, -0.25) is 4.79 Å². The van der Waals surface area contributed by atoms with Gasteiger partial charge < -0.3 is 9.80 Å². The Morgan fingerprint density at radius 3 is 1.87 bits per heavy atom. The van der Waals surface area contributed by atoms with E-state index in [0.29, 0.717) is 12.5 Å². The van der Waals surface area contributed by atoms with Crippen LogP contribution in [-0.4, -0.2) is 49.9 Å². The minimum atomic E-state index is 0.214. The third-order valence-electron chi connectivity index (χ3n) is 2.75. The van der Waals surface area contributed by atoms with E-state index < -0.39 is 0 Å². The van der Waals surface area contributed by atoms with E-state index in [1.54, 1.807) is 4.90 Å². The van der Waals surface area contributed by atoms with Crippen LogP contribution in [0, 0.1) is 5.41 Å². The summed E-state index contributed by atoms with van der Waals surface area (Å²) in [5.41, 5.74) is 0.218. The molecule has 0 heterocycles. The molecule has 0 aromatic heterocycles. The third-order valence-corrected chi connectivity index (χ3v) is 2.75. The first-order chi connectivity index (χ1) is 6.66. The molecule has 90 valence electrons. The topological polar surface area (TPSA) is 23.6 Å². The molecule has 3 heteroatoms. The van der Waals surface area contributed by atoms with Crippen molar-refractivity contribution in [1.29, 1.82) is 0 Å². The zero-order valence-corrected chi connectivity index (χ0v) is 11.3. The van der Waals surface area contributed by atoms with E-state index in [2.05, 4.69) is 39.8 Å². The molecule has 0 aromatic rings. The van der Waals surface area contributed by atoms with Gasteiger partial charge in [-0.05, 0) is 25.9 Å². The average molecular weight is 214 g/mol. The monoisotopic (exact) mass is 214 g/mol. The lowest BCUT2D eigenvalue weighted by Crippen LogP contribution is -2.40. The second kappa shape index (κ2) is 5.50. The van der Waals surface area contributed by atoms with Crippen LogP contribution in [0.4, 0.5) is 0 Å². The highest BCUT2D eigenvalue weighted by atomic mass is 16.2. The lowest BCUT2D eigenvalue weighted by Gasteiger charge is -2.36. The summed E-state index contributed by atoms with van der Waals surface area (Å²) in [6.45, 7) is 6.66. The highest BCUT2D eigenvalue weighted by Crippen LogP contribution is 2.26. The van der Waals surface area contributed by atoms with Crippen LogP contribution < -0.4 is 0 Å². The van der Waals surface area contributed by atoms with E-state index in [-0.39, 0.29) is 11.3 Å². The minimum Gasteiger partial charge on any atom is -0.349 e. The van der Waals surface area contributed by atoms with E-state index in [1.165, 1.54) is 0 Å². The molecule has 15 heavy (non-hydrogen) atoms. The first-order valence-corrected chi connectivity index (χ1v) is 5.53. The quantitative estimate of drug-likeness (QED) is 0.713. The number of nitrogens with zero attached hydrogens (tertiary/aromatic N) is 2. The summed E-state index contributed by atoms with van der Waals surface area (Å²) in [4.78, 5) is 15.4. The fourth-order valence-corrected chi connectivity index (χ4v) is 1.95. The van der Waals surface area contributed by atoms with Gasteiger partial charge in [-0.2, -0.15) is 0 Å². The maximum absolute atomic E-state index is 11.5. The molecule has 0 aliphatic carbocycles. The molecular weight excluding hydrogens is 188 g/mol. The first kappa shape index (κ1) is 14.4.